The number of aliphatic hydroxyl groups is 1. The van der Waals surface area contributed by atoms with Crippen molar-refractivity contribution in [1.29, 1.82) is 0 Å². The fourth-order valence-electron chi connectivity index (χ4n) is 3.68. The fourth-order valence-corrected chi connectivity index (χ4v) is 5.32. The number of aliphatic hydroxyl groups excluding tert-OH is 1. The molecule has 0 bridgehead atoms. The molecule has 1 saturated heterocycles. The van der Waals surface area contributed by atoms with Gasteiger partial charge in [-0.15, -0.1) is 0 Å². The van der Waals surface area contributed by atoms with Crippen LogP contribution in [0.25, 0.3) is 0 Å². The van der Waals surface area contributed by atoms with Crippen molar-refractivity contribution in [2.75, 3.05) is 19.8 Å². The van der Waals surface area contributed by atoms with Gasteiger partial charge in [-0.2, -0.15) is 4.31 Å². The molecular weight excluding hydrogens is 314 g/mol. The first-order valence-electron chi connectivity index (χ1n) is 8.34. The highest BCUT2D eigenvalue weighted by Gasteiger charge is 2.41. The van der Waals surface area contributed by atoms with Gasteiger partial charge in [0, 0.05) is 12.5 Å². The molecule has 1 N–H and O–H groups in total. The zero-order valence-corrected chi connectivity index (χ0v) is 14.3. The highest BCUT2D eigenvalue weighted by Crippen LogP contribution is 2.33. The van der Waals surface area contributed by atoms with Gasteiger partial charge in [0.1, 0.15) is 0 Å². The molecule has 3 atom stereocenters. The molecule has 0 radical (unpaired) electrons. The maximum absolute atomic E-state index is 13.0. The van der Waals surface area contributed by atoms with Gasteiger partial charge in [0.2, 0.25) is 10.0 Å². The van der Waals surface area contributed by atoms with E-state index in [0.29, 0.717) is 24.7 Å². The van der Waals surface area contributed by atoms with Crippen LogP contribution < -0.4 is 0 Å². The molecule has 5 nitrogen and oxygen atoms in total. The molecule has 0 spiro atoms. The van der Waals surface area contributed by atoms with E-state index in [1.807, 2.05) is 19.1 Å². The Kier molecular flexibility index (Phi) is 5.06. The minimum absolute atomic E-state index is 0.0377. The predicted octanol–water partition coefficient (Wildman–Crippen LogP) is 1.94. The SMILES string of the molecule is Cc1ccc(S(=O)(=O)N2CCOC[C@@H]2[C@H]2CCCC[C@@H]2O)cc1. The highest BCUT2D eigenvalue weighted by molar-refractivity contribution is 7.89. The third-order valence-electron chi connectivity index (χ3n) is 5.02. The van der Waals surface area contributed by atoms with Crippen molar-refractivity contribution in [3.8, 4) is 0 Å². The summed E-state index contributed by atoms with van der Waals surface area (Å²) >= 11 is 0. The number of aryl methyl sites for hydroxylation is 1. The second-order valence-electron chi connectivity index (χ2n) is 6.59. The Morgan fingerprint density at radius 2 is 1.87 bits per heavy atom. The van der Waals surface area contributed by atoms with Crippen LogP contribution in [0.1, 0.15) is 31.2 Å². The average molecular weight is 339 g/mol. The van der Waals surface area contributed by atoms with E-state index in [-0.39, 0.29) is 12.0 Å². The monoisotopic (exact) mass is 339 g/mol. The third kappa shape index (κ3) is 3.45. The van der Waals surface area contributed by atoms with E-state index < -0.39 is 16.1 Å². The van der Waals surface area contributed by atoms with Crippen LogP contribution >= 0.6 is 0 Å². The van der Waals surface area contributed by atoms with Crippen LogP contribution in [0.5, 0.6) is 0 Å². The van der Waals surface area contributed by atoms with E-state index in [0.717, 1.165) is 31.2 Å². The Labute approximate surface area is 138 Å². The lowest BCUT2D eigenvalue weighted by atomic mass is 9.81. The lowest BCUT2D eigenvalue weighted by Crippen LogP contribution is -2.54. The first-order valence-corrected chi connectivity index (χ1v) is 9.78. The van der Waals surface area contributed by atoms with Crippen molar-refractivity contribution in [3.63, 3.8) is 0 Å². The number of nitrogens with zero attached hydrogens (tertiary/aromatic N) is 1. The van der Waals surface area contributed by atoms with Crippen molar-refractivity contribution in [2.24, 2.45) is 5.92 Å². The summed E-state index contributed by atoms with van der Waals surface area (Å²) < 4.78 is 33.2. The molecule has 1 aliphatic heterocycles. The minimum atomic E-state index is -3.56. The Hall–Kier alpha value is -0.950. The van der Waals surface area contributed by atoms with Gasteiger partial charge in [0.05, 0.1) is 30.3 Å². The molecule has 128 valence electrons. The van der Waals surface area contributed by atoms with Crippen LogP contribution in [-0.4, -0.2) is 49.7 Å². The van der Waals surface area contributed by atoms with Crippen LogP contribution in [-0.2, 0) is 14.8 Å². The molecule has 2 aliphatic rings. The number of ether oxygens (including phenoxy) is 1. The number of sulfonamides is 1. The second-order valence-corrected chi connectivity index (χ2v) is 8.48. The van der Waals surface area contributed by atoms with Crippen LogP contribution in [0.3, 0.4) is 0 Å². The number of benzene rings is 1. The molecule has 1 aliphatic carbocycles. The van der Waals surface area contributed by atoms with Gasteiger partial charge in [-0.05, 0) is 31.9 Å². The Balaban J connectivity index is 1.89. The molecule has 0 unspecified atom stereocenters. The second kappa shape index (κ2) is 6.89. The molecule has 2 fully saturated rings. The van der Waals surface area contributed by atoms with Crippen LogP contribution in [0, 0.1) is 12.8 Å². The van der Waals surface area contributed by atoms with E-state index >= 15 is 0 Å². The topological polar surface area (TPSA) is 66.8 Å². The number of hydrogen-bond acceptors (Lipinski definition) is 4. The molecule has 0 aromatic heterocycles. The molecule has 1 saturated carbocycles. The van der Waals surface area contributed by atoms with E-state index in [1.165, 1.54) is 0 Å². The smallest absolute Gasteiger partial charge is 0.243 e. The largest absolute Gasteiger partial charge is 0.393 e. The average Bonchev–Trinajstić information content (AvgIpc) is 2.56. The van der Waals surface area contributed by atoms with Gasteiger partial charge in [-0.3, -0.25) is 0 Å². The maximum atomic E-state index is 13.0. The Morgan fingerprint density at radius 3 is 2.57 bits per heavy atom. The van der Waals surface area contributed by atoms with Crippen molar-refractivity contribution in [3.05, 3.63) is 29.8 Å². The van der Waals surface area contributed by atoms with Gasteiger partial charge in [-0.25, -0.2) is 8.42 Å². The van der Waals surface area contributed by atoms with Gasteiger partial charge in [-0.1, -0.05) is 30.5 Å². The van der Waals surface area contributed by atoms with Crippen LogP contribution in [0.15, 0.2) is 29.2 Å². The summed E-state index contributed by atoms with van der Waals surface area (Å²) in [6, 6.07) is 6.68. The molecular formula is C17H25NO4S. The van der Waals surface area contributed by atoms with E-state index in [9.17, 15) is 13.5 Å². The molecule has 1 aromatic carbocycles. The fraction of sp³-hybridized carbons (Fsp3) is 0.647. The zero-order valence-electron chi connectivity index (χ0n) is 13.5. The van der Waals surface area contributed by atoms with E-state index in [2.05, 4.69) is 0 Å². The third-order valence-corrected chi connectivity index (χ3v) is 6.96. The molecule has 6 heteroatoms. The standard InChI is InChI=1S/C17H25NO4S/c1-13-6-8-14(9-7-13)23(20,21)18-10-11-22-12-16(18)15-4-2-3-5-17(15)19/h6-9,15-17,19H,2-5,10-12H2,1H3/t15-,16-,17+/m1/s1. The zero-order chi connectivity index (χ0) is 16.4. The molecule has 1 aromatic rings. The lowest BCUT2D eigenvalue weighted by Gasteiger charge is -2.42. The van der Waals surface area contributed by atoms with Crippen LogP contribution in [0.2, 0.25) is 0 Å². The normalized spacial score (nSPS) is 30.3. The summed E-state index contributed by atoms with van der Waals surface area (Å²) in [7, 11) is -3.56. The molecule has 0 amide bonds. The van der Waals surface area contributed by atoms with Crippen molar-refractivity contribution >= 4 is 10.0 Å². The Morgan fingerprint density at radius 1 is 1.17 bits per heavy atom. The van der Waals surface area contributed by atoms with Gasteiger partial charge >= 0.3 is 0 Å². The summed E-state index contributed by atoms with van der Waals surface area (Å²) in [6.07, 6.45) is 3.22. The maximum Gasteiger partial charge on any atom is 0.243 e. The summed E-state index contributed by atoms with van der Waals surface area (Å²) in [6.45, 7) is 3.06. The van der Waals surface area contributed by atoms with E-state index in [1.54, 1.807) is 16.4 Å². The number of hydrogen-bond donors (Lipinski definition) is 1. The lowest BCUT2D eigenvalue weighted by molar-refractivity contribution is -0.0379. The number of morpholine rings is 1. The summed E-state index contributed by atoms with van der Waals surface area (Å²) in [5, 5.41) is 10.3. The van der Waals surface area contributed by atoms with Gasteiger partial charge < -0.3 is 9.84 Å². The quantitative estimate of drug-likeness (QED) is 0.914. The summed E-state index contributed by atoms with van der Waals surface area (Å²) in [5.41, 5.74) is 1.03. The predicted molar refractivity (Wildman–Crippen MR) is 87.6 cm³/mol. The Bertz CT molecular complexity index is 628. The molecule has 23 heavy (non-hydrogen) atoms. The first kappa shape index (κ1) is 16.9. The van der Waals surface area contributed by atoms with Crippen molar-refractivity contribution in [2.45, 2.75) is 49.6 Å². The minimum Gasteiger partial charge on any atom is -0.393 e. The van der Waals surface area contributed by atoms with Gasteiger partial charge in [0.25, 0.3) is 0 Å². The van der Waals surface area contributed by atoms with Crippen LogP contribution in [0.4, 0.5) is 0 Å². The van der Waals surface area contributed by atoms with Crippen molar-refractivity contribution < 1.29 is 18.3 Å². The van der Waals surface area contributed by atoms with Gasteiger partial charge in [0.15, 0.2) is 0 Å². The molecule has 1 heterocycles. The summed E-state index contributed by atoms with van der Waals surface area (Å²) in [4.78, 5) is 0.320. The number of rotatable bonds is 3. The highest BCUT2D eigenvalue weighted by atomic mass is 32.2. The first-order chi connectivity index (χ1) is 11.0. The summed E-state index contributed by atoms with van der Waals surface area (Å²) in [5.74, 6) is -0.0377. The molecule has 3 rings (SSSR count). The van der Waals surface area contributed by atoms with E-state index in [4.69, 9.17) is 4.74 Å². The van der Waals surface area contributed by atoms with Crippen molar-refractivity contribution in [1.82, 2.24) is 4.31 Å².